The molecule has 25 heavy (non-hydrogen) atoms. The first kappa shape index (κ1) is 15.7. The number of carbonyl (C=O) groups is 1. The van der Waals surface area contributed by atoms with Gasteiger partial charge in [0.05, 0.1) is 17.4 Å². The van der Waals surface area contributed by atoms with Gasteiger partial charge in [-0.15, -0.1) is 0 Å². The summed E-state index contributed by atoms with van der Waals surface area (Å²) in [5, 5.41) is 13.8. The minimum absolute atomic E-state index is 0.224. The first-order valence-electron chi connectivity index (χ1n) is 7.28. The molecule has 3 aromatic rings. The van der Waals surface area contributed by atoms with Crippen LogP contribution in [-0.2, 0) is 6.18 Å². The second kappa shape index (κ2) is 5.62. The molecule has 2 N–H and O–H groups in total. The van der Waals surface area contributed by atoms with Gasteiger partial charge in [-0.2, -0.15) is 29.6 Å². The summed E-state index contributed by atoms with van der Waals surface area (Å²) in [6.45, 7) is 0. The molecule has 1 aliphatic heterocycles. The fourth-order valence-corrected chi connectivity index (χ4v) is 3.34. The third kappa shape index (κ3) is 2.76. The lowest BCUT2D eigenvalue weighted by atomic mass is 10.1. The second-order valence-corrected chi connectivity index (χ2v) is 6.25. The molecule has 2 aromatic heterocycles. The molecule has 0 fully saturated rings. The molecule has 1 aromatic carbocycles. The molecule has 5 nitrogen and oxygen atoms in total. The quantitative estimate of drug-likeness (QED) is 0.727. The van der Waals surface area contributed by atoms with Crippen molar-refractivity contribution in [3.63, 3.8) is 0 Å². The molecule has 0 saturated carbocycles. The van der Waals surface area contributed by atoms with Crippen LogP contribution in [0.15, 0.2) is 47.3 Å². The monoisotopic (exact) mass is 364 g/mol. The van der Waals surface area contributed by atoms with Crippen molar-refractivity contribution in [3.05, 3.63) is 64.0 Å². The van der Waals surface area contributed by atoms with Crippen LogP contribution in [0.4, 0.5) is 19.0 Å². The molecule has 9 heteroatoms. The number of halogens is 3. The highest BCUT2D eigenvalue weighted by Crippen LogP contribution is 2.33. The fraction of sp³-hybridized carbons (Fsp3) is 0.125. The van der Waals surface area contributed by atoms with Crippen LogP contribution in [0.25, 0.3) is 5.69 Å². The number of carbonyl (C=O) groups excluding carboxylic acids is 1. The first-order valence-corrected chi connectivity index (χ1v) is 8.23. The van der Waals surface area contributed by atoms with Gasteiger partial charge in [0.2, 0.25) is 0 Å². The average molecular weight is 364 g/mol. The van der Waals surface area contributed by atoms with Gasteiger partial charge in [-0.25, -0.2) is 4.68 Å². The fourth-order valence-electron chi connectivity index (χ4n) is 2.65. The van der Waals surface area contributed by atoms with Gasteiger partial charge in [0, 0.05) is 5.56 Å². The number of rotatable bonds is 2. The molecule has 1 amide bonds. The Morgan fingerprint density at radius 3 is 2.76 bits per heavy atom. The number of anilines is 1. The van der Waals surface area contributed by atoms with E-state index in [-0.39, 0.29) is 17.2 Å². The molecule has 0 spiro atoms. The maximum Gasteiger partial charge on any atom is 0.416 e. The molecule has 128 valence electrons. The van der Waals surface area contributed by atoms with Crippen LogP contribution in [0, 0.1) is 0 Å². The number of thiophene rings is 1. The number of hydrogen-bond donors (Lipinski definition) is 2. The Balaban J connectivity index is 1.76. The van der Waals surface area contributed by atoms with Crippen LogP contribution in [-0.4, -0.2) is 15.7 Å². The molecule has 0 saturated heterocycles. The number of benzene rings is 1. The lowest BCUT2D eigenvalue weighted by Gasteiger charge is -2.26. The SMILES string of the molecule is O=C1N[C@@H](c2ccsc2)Nc2c1cnn2-c1cccc(C(F)(F)F)c1. The van der Waals surface area contributed by atoms with E-state index in [2.05, 4.69) is 15.7 Å². The zero-order valence-electron chi connectivity index (χ0n) is 12.5. The van der Waals surface area contributed by atoms with Gasteiger partial charge in [-0.3, -0.25) is 4.79 Å². The van der Waals surface area contributed by atoms with E-state index in [1.807, 2.05) is 16.8 Å². The summed E-state index contributed by atoms with van der Waals surface area (Å²) in [7, 11) is 0. The van der Waals surface area contributed by atoms with Gasteiger partial charge in [0.15, 0.2) is 0 Å². The summed E-state index contributed by atoms with van der Waals surface area (Å²) in [5.41, 5.74) is 0.593. The Morgan fingerprint density at radius 1 is 1.20 bits per heavy atom. The van der Waals surface area contributed by atoms with Crippen molar-refractivity contribution in [2.24, 2.45) is 0 Å². The highest BCUT2D eigenvalue weighted by molar-refractivity contribution is 7.08. The van der Waals surface area contributed by atoms with E-state index in [1.54, 1.807) is 0 Å². The van der Waals surface area contributed by atoms with Crippen LogP contribution < -0.4 is 10.6 Å². The number of nitrogens with one attached hydrogen (secondary N) is 2. The summed E-state index contributed by atoms with van der Waals surface area (Å²) in [6.07, 6.45) is -3.58. The average Bonchev–Trinajstić information content (AvgIpc) is 3.24. The highest BCUT2D eigenvalue weighted by atomic mass is 32.1. The van der Waals surface area contributed by atoms with E-state index in [4.69, 9.17) is 0 Å². The Bertz CT molecular complexity index is 933. The van der Waals surface area contributed by atoms with Crippen molar-refractivity contribution in [2.75, 3.05) is 5.32 Å². The third-order valence-corrected chi connectivity index (χ3v) is 4.57. The van der Waals surface area contributed by atoms with E-state index in [9.17, 15) is 18.0 Å². The van der Waals surface area contributed by atoms with E-state index in [0.29, 0.717) is 5.82 Å². The largest absolute Gasteiger partial charge is 0.416 e. The molecule has 0 bridgehead atoms. The number of nitrogens with zero attached hydrogens (tertiary/aromatic N) is 2. The Labute approximate surface area is 144 Å². The molecule has 0 unspecified atom stereocenters. The number of fused-ring (bicyclic) bond motifs is 1. The van der Waals surface area contributed by atoms with Crippen molar-refractivity contribution in [1.29, 1.82) is 0 Å². The van der Waals surface area contributed by atoms with E-state index >= 15 is 0 Å². The van der Waals surface area contributed by atoms with Crippen LogP contribution in [0.1, 0.15) is 27.7 Å². The highest BCUT2D eigenvalue weighted by Gasteiger charge is 2.32. The molecule has 4 rings (SSSR count). The van der Waals surface area contributed by atoms with Crippen LogP contribution in [0.5, 0.6) is 0 Å². The molecule has 0 radical (unpaired) electrons. The first-order chi connectivity index (χ1) is 11.9. The predicted molar refractivity (Wildman–Crippen MR) is 86.7 cm³/mol. The number of alkyl halides is 3. The zero-order chi connectivity index (χ0) is 17.6. The van der Waals surface area contributed by atoms with Gasteiger partial charge in [0.1, 0.15) is 17.5 Å². The summed E-state index contributed by atoms with van der Waals surface area (Å²) in [4.78, 5) is 12.3. The second-order valence-electron chi connectivity index (χ2n) is 5.47. The maximum absolute atomic E-state index is 13.0. The van der Waals surface area contributed by atoms with Crippen molar-refractivity contribution in [3.8, 4) is 5.69 Å². The van der Waals surface area contributed by atoms with Gasteiger partial charge in [0.25, 0.3) is 5.91 Å². The summed E-state index contributed by atoms with van der Waals surface area (Å²) < 4.78 is 40.2. The van der Waals surface area contributed by atoms with E-state index < -0.39 is 17.9 Å². The Morgan fingerprint density at radius 2 is 2.04 bits per heavy atom. The topological polar surface area (TPSA) is 59.0 Å². The number of aromatic nitrogens is 2. The Hall–Kier alpha value is -2.81. The lowest BCUT2D eigenvalue weighted by molar-refractivity contribution is -0.137. The van der Waals surface area contributed by atoms with Crippen LogP contribution in [0.3, 0.4) is 0 Å². The standard InChI is InChI=1S/C16H11F3N4OS/c17-16(18,19)10-2-1-3-11(6-10)23-14-12(7-20-23)15(24)22-13(21-14)9-4-5-25-8-9/h1-8,13,21H,(H,22,24)/t13-/m0/s1. The van der Waals surface area contributed by atoms with Crippen molar-refractivity contribution in [2.45, 2.75) is 12.3 Å². The molecule has 1 atom stereocenters. The van der Waals surface area contributed by atoms with Crippen molar-refractivity contribution >= 4 is 23.1 Å². The van der Waals surface area contributed by atoms with Gasteiger partial charge in [-0.05, 0) is 35.0 Å². The molecule has 0 aliphatic carbocycles. The van der Waals surface area contributed by atoms with E-state index in [1.165, 1.54) is 34.3 Å². The predicted octanol–water partition coefficient (Wildman–Crippen LogP) is 3.81. The van der Waals surface area contributed by atoms with Crippen LogP contribution in [0.2, 0.25) is 0 Å². The number of amides is 1. The van der Waals surface area contributed by atoms with Gasteiger partial charge >= 0.3 is 6.18 Å². The third-order valence-electron chi connectivity index (χ3n) is 3.86. The summed E-state index contributed by atoms with van der Waals surface area (Å²) in [5.74, 6) is 0.0300. The molecule has 1 aliphatic rings. The maximum atomic E-state index is 13.0. The normalized spacial score (nSPS) is 16.9. The zero-order valence-corrected chi connectivity index (χ0v) is 13.4. The summed E-state index contributed by atoms with van der Waals surface area (Å²) >= 11 is 1.48. The molecular formula is C16H11F3N4OS. The smallest absolute Gasteiger partial charge is 0.345 e. The van der Waals surface area contributed by atoms with Crippen molar-refractivity contribution in [1.82, 2.24) is 15.1 Å². The Kier molecular flexibility index (Phi) is 3.53. The molecular weight excluding hydrogens is 353 g/mol. The van der Waals surface area contributed by atoms with Crippen molar-refractivity contribution < 1.29 is 18.0 Å². The minimum atomic E-state index is -4.45. The van der Waals surface area contributed by atoms with Gasteiger partial charge < -0.3 is 10.6 Å². The lowest BCUT2D eigenvalue weighted by Crippen LogP contribution is -2.38. The molecule has 3 heterocycles. The van der Waals surface area contributed by atoms with Gasteiger partial charge in [-0.1, -0.05) is 6.07 Å². The van der Waals surface area contributed by atoms with Crippen LogP contribution >= 0.6 is 11.3 Å². The number of hydrogen-bond acceptors (Lipinski definition) is 4. The summed E-state index contributed by atoms with van der Waals surface area (Å²) in [6, 6.07) is 6.68. The van der Waals surface area contributed by atoms with E-state index in [0.717, 1.165) is 17.7 Å². The minimum Gasteiger partial charge on any atom is -0.345 e.